The van der Waals surface area contributed by atoms with Gasteiger partial charge in [-0.25, -0.2) is 4.39 Å². The zero-order valence-electron chi connectivity index (χ0n) is 9.67. The predicted octanol–water partition coefficient (Wildman–Crippen LogP) is 3.40. The Balaban J connectivity index is 2.02. The van der Waals surface area contributed by atoms with Crippen LogP contribution in [0.2, 0.25) is 0 Å². The summed E-state index contributed by atoms with van der Waals surface area (Å²) in [6.45, 7) is 2.18. The molecule has 88 valence electrons. The smallest absolute Gasteiger partial charge is 0.125 e. The molecule has 0 saturated heterocycles. The molecule has 2 nitrogen and oxygen atoms in total. The van der Waals surface area contributed by atoms with Gasteiger partial charge in [-0.1, -0.05) is 12.8 Å². The summed E-state index contributed by atoms with van der Waals surface area (Å²) in [6.07, 6.45) is 5.23. The van der Waals surface area contributed by atoms with Crippen LogP contribution in [0.3, 0.4) is 0 Å². The van der Waals surface area contributed by atoms with Crippen LogP contribution in [0.25, 0.3) is 0 Å². The molecule has 1 aliphatic carbocycles. The van der Waals surface area contributed by atoms with Crippen molar-refractivity contribution in [3.63, 3.8) is 0 Å². The lowest BCUT2D eigenvalue weighted by molar-refractivity contribution is 0.482. The number of nitrogens with two attached hydrogens (primary N) is 1. The van der Waals surface area contributed by atoms with Crippen molar-refractivity contribution in [1.82, 2.24) is 0 Å². The van der Waals surface area contributed by atoms with Crippen LogP contribution in [0, 0.1) is 11.7 Å². The Morgan fingerprint density at radius 1 is 1.38 bits per heavy atom. The molecule has 0 radical (unpaired) electrons. The molecular weight excluding hydrogens is 203 g/mol. The van der Waals surface area contributed by atoms with Gasteiger partial charge in [-0.15, -0.1) is 0 Å². The van der Waals surface area contributed by atoms with Crippen LogP contribution in [0.15, 0.2) is 18.2 Å². The Bertz CT molecular complexity index is 359. The summed E-state index contributed by atoms with van der Waals surface area (Å²) in [6, 6.07) is 4.94. The van der Waals surface area contributed by atoms with E-state index in [0.717, 1.165) is 11.6 Å². The second-order valence-electron chi connectivity index (χ2n) is 4.71. The second-order valence-corrected chi connectivity index (χ2v) is 4.71. The maximum Gasteiger partial charge on any atom is 0.125 e. The monoisotopic (exact) mass is 222 g/mol. The molecule has 3 N–H and O–H groups in total. The van der Waals surface area contributed by atoms with Crippen LogP contribution in [-0.2, 0) is 0 Å². The topological polar surface area (TPSA) is 38.0 Å². The highest BCUT2D eigenvalue weighted by atomic mass is 19.1. The average Bonchev–Trinajstić information content (AvgIpc) is 2.75. The molecule has 1 unspecified atom stereocenters. The molecule has 2 rings (SSSR count). The molecule has 0 amide bonds. The van der Waals surface area contributed by atoms with E-state index < -0.39 is 0 Å². The summed E-state index contributed by atoms with van der Waals surface area (Å²) in [7, 11) is 0. The lowest BCUT2D eigenvalue weighted by Crippen LogP contribution is -2.24. The Morgan fingerprint density at radius 2 is 2.06 bits per heavy atom. The summed E-state index contributed by atoms with van der Waals surface area (Å²) in [5, 5.41) is 3.39. The van der Waals surface area contributed by atoms with E-state index in [9.17, 15) is 4.39 Å². The van der Waals surface area contributed by atoms with Gasteiger partial charge in [0.05, 0.1) is 11.4 Å². The number of nitrogens with one attached hydrogen (secondary N) is 1. The SMILES string of the molecule is CC(Nc1ccc(F)cc1N)C1CCCC1. The summed E-state index contributed by atoms with van der Waals surface area (Å²) in [5.41, 5.74) is 7.10. The third-order valence-electron chi connectivity index (χ3n) is 3.50. The molecule has 1 fully saturated rings. The normalized spacial score (nSPS) is 18.6. The van der Waals surface area contributed by atoms with Crippen molar-refractivity contribution in [3.8, 4) is 0 Å². The van der Waals surface area contributed by atoms with Crippen LogP contribution in [0.4, 0.5) is 15.8 Å². The lowest BCUT2D eigenvalue weighted by atomic mass is 9.99. The number of hydrogen-bond donors (Lipinski definition) is 2. The van der Waals surface area contributed by atoms with Crippen LogP contribution in [-0.4, -0.2) is 6.04 Å². The lowest BCUT2D eigenvalue weighted by Gasteiger charge is -2.22. The van der Waals surface area contributed by atoms with E-state index in [1.165, 1.54) is 37.8 Å². The zero-order valence-corrected chi connectivity index (χ0v) is 9.67. The van der Waals surface area contributed by atoms with Crippen molar-refractivity contribution in [3.05, 3.63) is 24.0 Å². The summed E-state index contributed by atoms with van der Waals surface area (Å²) >= 11 is 0. The summed E-state index contributed by atoms with van der Waals surface area (Å²) in [4.78, 5) is 0. The van der Waals surface area contributed by atoms with E-state index in [1.807, 2.05) is 0 Å². The van der Waals surface area contributed by atoms with Crippen molar-refractivity contribution in [2.45, 2.75) is 38.6 Å². The van der Waals surface area contributed by atoms with Gasteiger partial charge in [0, 0.05) is 6.04 Å². The molecule has 1 aliphatic rings. The van der Waals surface area contributed by atoms with Crippen LogP contribution in [0.5, 0.6) is 0 Å². The first-order chi connectivity index (χ1) is 7.66. The van der Waals surface area contributed by atoms with Crippen molar-refractivity contribution in [1.29, 1.82) is 0 Å². The van der Waals surface area contributed by atoms with Gasteiger partial charge in [-0.05, 0) is 43.9 Å². The van der Waals surface area contributed by atoms with Gasteiger partial charge in [0.25, 0.3) is 0 Å². The summed E-state index contributed by atoms with van der Waals surface area (Å²) < 4.78 is 12.9. The standard InChI is InChI=1S/C13H19FN2/c1-9(10-4-2-3-5-10)16-13-7-6-11(14)8-12(13)15/h6-10,16H,2-5,15H2,1H3. The highest BCUT2D eigenvalue weighted by Gasteiger charge is 2.21. The Kier molecular flexibility index (Phi) is 3.32. The molecule has 0 aliphatic heterocycles. The van der Waals surface area contributed by atoms with Crippen LogP contribution in [0.1, 0.15) is 32.6 Å². The number of rotatable bonds is 3. The first kappa shape index (κ1) is 11.2. The third-order valence-corrected chi connectivity index (χ3v) is 3.50. The minimum Gasteiger partial charge on any atom is -0.397 e. The molecule has 1 aromatic rings. The maximum absolute atomic E-state index is 12.9. The minimum atomic E-state index is -0.281. The maximum atomic E-state index is 12.9. The average molecular weight is 222 g/mol. The van der Waals surface area contributed by atoms with Crippen LogP contribution >= 0.6 is 0 Å². The second kappa shape index (κ2) is 4.73. The Morgan fingerprint density at radius 3 is 2.69 bits per heavy atom. The summed E-state index contributed by atoms with van der Waals surface area (Å²) in [5.74, 6) is 0.445. The van der Waals surface area contributed by atoms with E-state index in [1.54, 1.807) is 6.07 Å². The largest absolute Gasteiger partial charge is 0.397 e. The molecule has 1 aromatic carbocycles. The quantitative estimate of drug-likeness (QED) is 0.769. The van der Waals surface area contributed by atoms with Gasteiger partial charge in [-0.3, -0.25) is 0 Å². The highest BCUT2D eigenvalue weighted by molar-refractivity contribution is 5.66. The van der Waals surface area contributed by atoms with Gasteiger partial charge in [0.1, 0.15) is 5.82 Å². The molecule has 1 saturated carbocycles. The Hall–Kier alpha value is -1.25. The van der Waals surface area contributed by atoms with Gasteiger partial charge in [0.2, 0.25) is 0 Å². The van der Waals surface area contributed by atoms with E-state index in [4.69, 9.17) is 5.73 Å². The number of anilines is 2. The fourth-order valence-electron chi connectivity index (χ4n) is 2.49. The fraction of sp³-hybridized carbons (Fsp3) is 0.538. The van der Waals surface area contributed by atoms with Gasteiger partial charge < -0.3 is 11.1 Å². The molecule has 0 bridgehead atoms. The van der Waals surface area contributed by atoms with Crippen molar-refractivity contribution < 1.29 is 4.39 Å². The first-order valence-electron chi connectivity index (χ1n) is 5.98. The molecular formula is C13H19FN2. The van der Waals surface area contributed by atoms with Crippen molar-refractivity contribution in [2.75, 3.05) is 11.1 Å². The number of benzene rings is 1. The zero-order chi connectivity index (χ0) is 11.5. The number of halogens is 1. The van der Waals surface area contributed by atoms with E-state index in [0.29, 0.717) is 11.7 Å². The number of nitrogen functional groups attached to an aromatic ring is 1. The van der Waals surface area contributed by atoms with Gasteiger partial charge >= 0.3 is 0 Å². The molecule has 16 heavy (non-hydrogen) atoms. The van der Waals surface area contributed by atoms with Crippen molar-refractivity contribution in [2.24, 2.45) is 5.92 Å². The van der Waals surface area contributed by atoms with E-state index in [2.05, 4.69) is 12.2 Å². The van der Waals surface area contributed by atoms with Gasteiger partial charge in [-0.2, -0.15) is 0 Å². The molecule has 3 heteroatoms. The van der Waals surface area contributed by atoms with Crippen molar-refractivity contribution >= 4 is 11.4 Å². The highest BCUT2D eigenvalue weighted by Crippen LogP contribution is 2.30. The van der Waals surface area contributed by atoms with E-state index in [-0.39, 0.29) is 5.82 Å². The van der Waals surface area contributed by atoms with Crippen LogP contribution < -0.4 is 11.1 Å². The third kappa shape index (κ3) is 2.46. The molecule has 1 atom stereocenters. The Labute approximate surface area is 96.0 Å². The number of hydrogen-bond acceptors (Lipinski definition) is 2. The fourth-order valence-corrected chi connectivity index (χ4v) is 2.49. The first-order valence-corrected chi connectivity index (χ1v) is 5.98. The van der Waals surface area contributed by atoms with Gasteiger partial charge in [0.15, 0.2) is 0 Å². The van der Waals surface area contributed by atoms with E-state index >= 15 is 0 Å². The minimum absolute atomic E-state index is 0.281. The predicted molar refractivity (Wildman–Crippen MR) is 65.9 cm³/mol. The molecule has 0 aromatic heterocycles. The molecule has 0 heterocycles. The molecule has 0 spiro atoms.